The fraction of sp³-hybridized carbons (Fsp3) is 0.625. The van der Waals surface area contributed by atoms with Gasteiger partial charge in [-0.1, -0.05) is 0 Å². The van der Waals surface area contributed by atoms with Gasteiger partial charge < -0.3 is 47.2 Å². The summed E-state index contributed by atoms with van der Waals surface area (Å²) in [5.74, 6) is -8.10. The zero-order valence-corrected chi connectivity index (χ0v) is 16.6. The van der Waals surface area contributed by atoms with Crippen molar-refractivity contribution in [1.29, 1.82) is 0 Å². The third-order valence-corrected chi connectivity index (χ3v) is 3.85. The number of aliphatic hydroxyl groups excluding tert-OH is 2. The second kappa shape index (κ2) is 12.4. The van der Waals surface area contributed by atoms with Crippen LogP contribution >= 0.6 is 0 Å². The maximum absolute atomic E-state index is 12.4. The minimum absolute atomic E-state index is 0.765. The Morgan fingerprint density at radius 3 is 1.45 bits per heavy atom. The summed E-state index contributed by atoms with van der Waals surface area (Å²) in [6, 6.07) is -6.90. The number of aliphatic hydroxyl groups is 2. The van der Waals surface area contributed by atoms with Crippen molar-refractivity contribution >= 4 is 35.6 Å². The number of carboxylic acids is 3. The highest BCUT2D eigenvalue weighted by atomic mass is 16.4. The van der Waals surface area contributed by atoms with Gasteiger partial charge in [0.25, 0.3) is 0 Å². The molecule has 31 heavy (non-hydrogen) atoms. The zero-order chi connectivity index (χ0) is 24.5. The molecule has 0 spiro atoms. The van der Waals surface area contributed by atoms with Crippen LogP contribution in [0.15, 0.2) is 0 Å². The van der Waals surface area contributed by atoms with Crippen molar-refractivity contribution in [1.82, 2.24) is 16.0 Å². The fourth-order valence-corrected chi connectivity index (χ4v) is 2.23. The molecule has 15 nitrogen and oxygen atoms in total. The van der Waals surface area contributed by atoms with Crippen molar-refractivity contribution < 1.29 is 54.3 Å². The summed E-state index contributed by atoms with van der Waals surface area (Å²) < 4.78 is 0. The highest BCUT2D eigenvalue weighted by molar-refractivity contribution is 5.95. The van der Waals surface area contributed by atoms with E-state index in [9.17, 15) is 39.0 Å². The smallest absolute Gasteiger partial charge is 0.326 e. The quantitative estimate of drug-likeness (QED) is 0.129. The number of carbonyl (C=O) groups excluding carboxylic acids is 3. The van der Waals surface area contributed by atoms with Crippen LogP contribution in [0.5, 0.6) is 0 Å². The van der Waals surface area contributed by atoms with Crippen LogP contribution in [0.25, 0.3) is 0 Å². The molecule has 0 saturated carbocycles. The molecule has 0 aromatic carbocycles. The van der Waals surface area contributed by atoms with E-state index in [4.69, 9.17) is 21.1 Å². The lowest BCUT2D eigenvalue weighted by molar-refractivity contribution is -0.148. The summed E-state index contributed by atoms with van der Waals surface area (Å²) in [7, 11) is 0. The molecule has 176 valence electrons. The maximum Gasteiger partial charge on any atom is 0.326 e. The molecule has 0 heterocycles. The number of rotatable bonds is 13. The van der Waals surface area contributed by atoms with E-state index in [1.165, 1.54) is 0 Å². The monoisotopic (exact) mass is 450 g/mol. The second-order valence-corrected chi connectivity index (χ2v) is 6.66. The van der Waals surface area contributed by atoms with E-state index < -0.39 is 84.8 Å². The van der Waals surface area contributed by atoms with Gasteiger partial charge in [0.05, 0.1) is 31.1 Å². The number of nitrogens with one attached hydrogen (secondary N) is 3. The molecule has 10 N–H and O–H groups in total. The predicted octanol–water partition coefficient (Wildman–Crippen LogP) is -4.44. The number of carbonyl (C=O) groups is 6. The Morgan fingerprint density at radius 1 is 0.710 bits per heavy atom. The molecule has 0 radical (unpaired) electrons. The maximum atomic E-state index is 12.4. The number of nitrogens with two attached hydrogens (primary N) is 1. The highest BCUT2D eigenvalue weighted by Gasteiger charge is 2.35. The third-order valence-electron chi connectivity index (χ3n) is 3.85. The van der Waals surface area contributed by atoms with E-state index in [0.717, 1.165) is 13.8 Å². The third kappa shape index (κ3) is 9.83. The van der Waals surface area contributed by atoms with Gasteiger partial charge in [-0.05, 0) is 13.8 Å². The summed E-state index contributed by atoms with van der Waals surface area (Å²) in [6.45, 7) is 2.16. The average molecular weight is 450 g/mol. The van der Waals surface area contributed by atoms with Gasteiger partial charge in [0.1, 0.15) is 18.1 Å². The Morgan fingerprint density at radius 2 is 1.10 bits per heavy atom. The molecule has 0 bridgehead atoms. The van der Waals surface area contributed by atoms with Crippen LogP contribution in [-0.2, 0) is 28.8 Å². The first-order chi connectivity index (χ1) is 14.2. The summed E-state index contributed by atoms with van der Waals surface area (Å²) in [5, 5.41) is 51.8. The predicted molar refractivity (Wildman–Crippen MR) is 99.3 cm³/mol. The molecular weight excluding hydrogens is 424 g/mol. The lowest BCUT2D eigenvalue weighted by Gasteiger charge is -2.27. The highest BCUT2D eigenvalue weighted by Crippen LogP contribution is 2.02. The van der Waals surface area contributed by atoms with Gasteiger partial charge in [0, 0.05) is 0 Å². The molecule has 0 aliphatic carbocycles. The van der Waals surface area contributed by atoms with Crippen LogP contribution in [0.4, 0.5) is 0 Å². The molecule has 15 heteroatoms. The number of hydrogen-bond donors (Lipinski definition) is 9. The van der Waals surface area contributed by atoms with Gasteiger partial charge in [0.2, 0.25) is 17.7 Å². The summed E-state index contributed by atoms with van der Waals surface area (Å²) >= 11 is 0. The fourth-order valence-electron chi connectivity index (χ4n) is 2.23. The molecule has 3 amide bonds. The number of aliphatic carboxylic acids is 3. The van der Waals surface area contributed by atoms with Crippen molar-refractivity contribution in [3.8, 4) is 0 Å². The molecule has 0 fully saturated rings. The first-order valence-corrected chi connectivity index (χ1v) is 8.86. The lowest BCUT2D eigenvalue weighted by atomic mass is 10.1. The van der Waals surface area contributed by atoms with Crippen LogP contribution in [-0.4, -0.2) is 97.5 Å². The van der Waals surface area contributed by atoms with Gasteiger partial charge in [0.15, 0.2) is 0 Å². The van der Waals surface area contributed by atoms with Crippen LogP contribution < -0.4 is 21.7 Å². The average Bonchev–Trinajstić information content (AvgIpc) is 2.61. The van der Waals surface area contributed by atoms with E-state index in [1.807, 2.05) is 16.0 Å². The van der Waals surface area contributed by atoms with Crippen LogP contribution in [0.2, 0.25) is 0 Å². The van der Waals surface area contributed by atoms with Gasteiger partial charge in [-0.15, -0.1) is 0 Å². The summed E-state index contributed by atoms with van der Waals surface area (Å²) in [4.78, 5) is 69.1. The van der Waals surface area contributed by atoms with Crippen LogP contribution in [0, 0.1) is 0 Å². The first kappa shape index (κ1) is 27.7. The largest absolute Gasteiger partial charge is 0.481 e. The van der Waals surface area contributed by atoms with E-state index in [-0.39, 0.29) is 0 Å². The Balaban J connectivity index is 5.38. The SMILES string of the molecule is CC(O)C(NC(=O)C(N)CC(=O)O)C(=O)NC(C(=O)NC(CC(=O)O)C(=O)O)C(C)O. The van der Waals surface area contributed by atoms with E-state index in [2.05, 4.69) is 0 Å². The normalized spacial score (nSPS) is 16.5. The van der Waals surface area contributed by atoms with Crippen molar-refractivity contribution in [2.75, 3.05) is 0 Å². The topological polar surface area (TPSA) is 266 Å². The minimum atomic E-state index is -1.86. The Kier molecular flexibility index (Phi) is 11.1. The molecule has 0 aliphatic rings. The Hall–Kier alpha value is -3.30. The Bertz CT molecular complexity index is 710. The van der Waals surface area contributed by atoms with Gasteiger partial charge in [-0.3, -0.25) is 24.0 Å². The van der Waals surface area contributed by atoms with E-state index in [0.29, 0.717) is 0 Å². The lowest BCUT2D eigenvalue weighted by Crippen LogP contribution is -2.62. The minimum Gasteiger partial charge on any atom is -0.481 e. The number of amides is 3. The molecule has 6 unspecified atom stereocenters. The van der Waals surface area contributed by atoms with Gasteiger partial charge in [-0.25, -0.2) is 4.79 Å². The standard InChI is InChI=1S/C16H26N4O11/c1-5(21)11(14(28)18-8(16(30)31)4-10(25)26)20-15(29)12(6(2)22)19-13(27)7(17)3-9(23)24/h5-8,11-12,21-22H,3-4,17H2,1-2H3,(H,18,28)(H,19,27)(H,20,29)(H,23,24)(H,25,26)(H,30,31). The van der Waals surface area contributed by atoms with Crippen molar-refractivity contribution in [3.63, 3.8) is 0 Å². The number of hydrogen-bond acceptors (Lipinski definition) is 9. The molecule has 0 aromatic heterocycles. The molecular formula is C16H26N4O11. The zero-order valence-electron chi connectivity index (χ0n) is 16.6. The molecule has 0 saturated heterocycles. The van der Waals surface area contributed by atoms with Crippen molar-refractivity contribution in [2.24, 2.45) is 5.73 Å². The molecule has 6 atom stereocenters. The van der Waals surface area contributed by atoms with E-state index in [1.54, 1.807) is 0 Å². The summed E-state index contributed by atoms with van der Waals surface area (Å²) in [5.41, 5.74) is 5.37. The number of carboxylic acid groups (broad SMARTS) is 3. The Labute approximate surface area is 175 Å². The summed E-state index contributed by atoms with van der Waals surface area (Å²) in [6.07, 6.45) is -4.88. The molecule has 0 rings (SSSR count). The first-order valence-electron chi connectivity index (χ1n) is 8.86. The second-order valence-electron chi connectivity index (χ2n) is 6.66. The van der Waals surface area contributed by atoms with Crippen molar-refractivity contribution in [2.45, 2.75) is 63.1 Å². The van der Waals surface area contributed by atoms with Gasteiger partial charge >= 0.3 is 17.9 Å². The molecule has 0 aliphatic heterocycles. The van der Waals surface area contributed by atoms with Crippen LogP contribution in [0.1, 0.15) is 26.7 Å². The van der Waals surface area contributed by atoms with Crippen molar-refractivity contribution in [3.05, 3.63) is 0 Å². The van der Waals surface area contributed by atoms with Gasteiger partial charge in [-0.2, -0.15) is 0 Å². The molecule has 0 aromatic rings. The van der Waals surface area contributed by atoms with Crippen LogP contribution in [0.3, 0.4) is 0 Å². The van der Waals surface area contributed by atoms with E-state index >= 15 is 0 Å².